The van der Waals surface area contributed by atoms with Crippen LogP contribution < -0.4 is 0 Å². The van der Waals surface area contributed by atoms with E-state index in [1.165, 1.54) is 19.3 Å². The van der Waals surface area contributed by atoms with Crippen molar-refractivity contribution in [3.8, 4) is 0 Å². The number of rotatable bonds is 31. The molecule has 0 spiro atoms. The van der Waals surface area contributed by atoms with E-state index in [4.69, 9.17) is 37.9 Å². The van der Waals surface area contributed by atoms with Crippen molar-refractivity contribution >= 4 is 5.97 Å². The van der Waals surface area contributed by atoms with Gasteiger partial charge in [-0.25, -0.2) is 0 Å². The van der Waals surface area contributed by atoms with E-state index in [2.05, 4.69) is 43.3 Å². The van der Waals surface area contributed by atoms with E-state index in [-0.39, 0.29) is 12.6 Å². The second-order valence-corrected chi connectivity index (χ2v) is 11.7. The molecule has 0 aliphatic carbocycles. The Hall–Kier alpha value is -3.15. The van der Waals surface area contributed by atoms with Crippen LogP contribution in [0.2, 0.25) is 0 Å². The van der Waals surface area contributed by atoms with Gasteiger partial charge >= 0.3 is 5.97 Å². The van der Waals surface area contributed by atoms with Gasteiger partial charge in [-0.15, -0.1) is 0 Å². The summed E-state index contributed by atoms with van der Waals surface area (Å²) in [6.07, 6.45) is 6.07. The van der Waals surface area contributed by atoms with Crippen molar-refractivity contribution in [1.29, 1.82) is 0 Å². The SMILES string of the molecule is CCCCCCCC(=O)OCCOCCOCCOCCOCCOCCOCCOC(c1ccccc1)(c1ccccc1)c1ccccc1. The highest BCUT2D eigenvalue weighted by Gasteiger charge is 2.37. The zero-order chi connectivity index (χ0) is 35.2. The summed E-state index contributed by atoms with van der Waals surface area (Å²) < 4.78 is 45.4. The molecule has 9 nitrogen and oxygen atoms in total. The predicted molar refractivity (Wildman–Crippen MR) is 194 cm³/mol. The lowest BCUT2D eigenvalue weighted by atomic mass is 9.80. The lowest BCUT2D eigenvalue weighted by molar-refractivity contribution is -0.145. The summed E-state index contributed by atoms with van der Waals surface area (Å²) in [4.78, 5) is 11.7. The van der Waals surface area contributed by atoms with E-state index >= 15 is 0 Å². The Balaban J connectivity index is 1.13. The monoisotopic (exact) mass is 694 g/mol. The first-order valence-corrected chi connectivity index (χ1v) is 18.2. The Bertz CT molecular complexity index is 1110. The van der Waals surface area contributed by atoms with Crippen LogP contribution in [0.15, 0.2) is 91.0 Å². The van der Waals surface area contributed by atoms with Gasteiger partial charge in [0.05, 0.1) is 85.9 Å². The van der Waals surface area contributed by atoms with Crippen molar-refractivity contribution in [3.63, 3.8) is 0 Å². The molecule has 0 amide bonds. The van der Waals surface area contributed by atoms with Crippen LogP contribution in [0.1, 0.15) is 62.1 Å². The van der Waals surface area contributed by atoms with Gasteiger partial charge in [-0.05, 0) is 23.1 Å². The van der Waals surface area contributed by atoms with Crippen molar-refractivity contribution in [2.24, 2.45) is 0 Å². The first kappa shape index (κ1) is 41.3. The molecule has 0 aliphatic rings. The zero-order valence-corrected chi connectivity index (χ0v) is 30.0. The maximum absolute atomic E-state index is 11.7. The van der Waals surface area contributed by atoms with E-state index in [1.54, 1.807) is 0 Å². The molecule has 0 saturated heterocycles. The van der Waals surface area contributed by atoms with Gasteiger partial charge in [0.15, 0.2) is 0 Å². The van der Waals surface area contributed by atoms with Crippen molar-refractivity contribution in [1.82, 2.24) is 0 Å². The molecule has 0 unspecified atom stereocenters. The van der Waals surface area contributed by atoms with Gasteiger partial charge < -0.3 is 37.9 Å². The molecule has 0 saturated carbocycles. The Kier molecular flexibility index (Phi) is 22.7. The van der Waals surface area contributed by atoms with Gasteiger partial charge in [0, 0.05) is 6.42 Å². The second kappa shape index (κ2) is 27.6. The Labute approximate surface area is 299 Å². The Morgan fingerprint density at radius 3 is 1.16 bits per heavy atom. The van der Waals surface area contributed by atoms with Gasteiger partial charge in [-0.3, -0.25) is 4.79 Å². The molecule has 50 heavy (non-hydrogen) atoms. The fraction of sp³-hybridized carbons (Fsp3) is 0.537. The topological polar surface area (TPSA) is 90.9 Å². The minimum absolute atomic E-state index is 0.146. The van der Waals surface area contributed by atoms with Crippen molar-refractivity contribution in [2.45, 2.75) is 51.0 Å². The number of unbranched alkanes of at least 4 members (excludes halogenated alkanes) is 4. The van der Waals surface area contributed by atoms with Crippen LogP contribution in [0.3, 0.4) is 0 Å². The zero-order valence-electron chi connectivity index (χ0n) is 30.0. The summed E-state index contributed by atoms with van der Waals surface area (Å²) in [7, 11) is 0. The maximum Gasteiger partial charge on any atom is 0.305 e. The van der Waals surface area contributed by atoms with Crippen LogP contribution in [-0.4, -0.2) is 98.5 Å². The minimum Gasteiger partial charge on any atom is -0.463 e. The lowest BCUT2D eigenvalue weighted by Crippen LogP contribution is -2.34. The van der Waals surface area contributed by atoms with Gasteiger partial charge in [0.2, 0.25) is 0 Å². The van der Waals surface area contributed by atoms with Gasteiger partial charge in [0.1, 0.15) is 12.2 Å². The first-order chi connectivity index (χ1) is 24.8. The molecule has 0 bridgehead atoms. The van der Waals surface area contributed by atoms with Crippen LogP contribution in [0.4, 0.5) is 0 Å². The number of carbonyl (C=O) groups excluding carboxylic acids is 1. The quantitative estimate of drug-likeness (QED) is 0.0401. The number of carbonyl (C=O) groups is 1. The summed E-state index contributed by atoms with van der Waals surface area (Å²) in [6, 6.07) is 31.0. The second-order valence-electron chi connectivity index (χ2n) is 11.7. The molecular weight excluding hydrogens is 636 g/mol. The van der Waals surface area contributed by atoms with E-state index in [9.17, 15) is 4.79 Å². The van der Waals surface area contributed by atoms with Gasteiger partial charge in [-0.1, -0.05) is 124 Å². The molecule has 0 fully saturated rings. The van der Waals surface area contributed by atoms with Gasteiger partial charge in [0.25, 0.3) is 0 Å². The molecule has 3 aromatic rings. The van der Waals surface area contributed by atoms with E-state index in [1.807, 2.05) is 54.6 Å². The number of hydrogen-bond donors (Lipinski definition) is 0. The predicted octanol–water partition coefficient (Wildman–Crippen LogP) is 7.00. The van der Waals surface area contributed by atoms with E-state index in [0.717, 1.165) is 29.5 Å². The molecule has 0 aliphatic heterocycles. The smallest absolute Gasteiger partial charge is 0.305 e. The van der Waals surface area contributed by atoms with Crippen LogP contribution in [0.5, 0.6) is 0 Å². The van der Waals surface area contributed by atoms with Crippen LogP contribution in [0.25, 0.3) is 0 Å². The van der Waals surface area contributed by atoms with Crippen LogP contribution in [-0.2, 0) is 48.3 Å². The van der Waals surface area contributed by atoms with Crippen LogP contribution >= 0.6 is 0 Å². The molecule has 0 atom stereocenters. The lowest BCUT2D eigenvalue weighted by Gasteiger charge is -2.36. The largest absolute Gasteiger partial charge is 0.463 e. The molecule has 0 aromatic heterocycles. The summed E-state index contributed by atoms with van der Waals surface area (Å²) in [6.45, 7) is 8.49. The highest BCUT2D eigenvalue weighted by atomic mass is 16.6. The average molecular weight is 695 g/mol. The summed E-state index contributed by atoms with van der Waals surface area (Å²) in [5, 5.41) is 0. The normalized spacial score (nSPS) is 11.5. The molecule has 276 valence electrons. The van der Waals surface area contributed by atoms with E-state index in [0.29, 0.717) is 92.3 Å². The van der Waals surface area contributed by atoms with Gasteiger partial charge in [-0.2, -0.15) is 0 Å². The third-order valence-corrected chi connectivity index (χ3v) is 7.92. The molecule has 9 heteroatoms. The van der Waals surface area contributed by atoms with Crippen molar-refractivity contribution < 1.29 is 42.7 Å². The first-order valence-electron chi connectivity index (χ1n) is 18.2. The summed E-state index contributed by atoms with van der Waals surface area (Å²) >= 11 is 0. The molecule has 0 heterocycles. The molecule has 0 N–H and O–H groups in total. The number of benzene rings is 3. The summed E-state index contributed by atoms with van der Waals surface area (Å²) in [5.74, 6) is -0.146. The average Bonchev–Trinajstić information content (AvgIpc) is 3.16. The highest BCUT2D eigenvalue weighted by Crippen LogP contribution is 2.40. The van der Waals surface area contributed by atoms with E-state index < -0.39 is 5.60 Å². The summed E-state index contributed by atoms with van der Waals surface area (Å²) in [5.41, 5.74) is 2.45. The standard InChI is InChI=1S/C41H58O9/c1-2-3-4-5-15-22-40(42)49-35-33-47-31-29-45-27-25-43-23-24-44-26-28-46-30-32-48-34-36-50-41(37-16-9-6-10-17-37,38-18-11-7-12-19-38)39-20-13-8-14-21-39/h6-14,16-21H,2-5,15,22-36H2,1H3. The van der Waals surface area contributed by atoms with Crippen molar-refractivity contribution in [2.75, 3.05) is 92.5 Å². The number of esters is 1. The minimum atomic E-state index is -0.751. The number of ether oxygens (including phenoxy) is 8. The fourth-order valence-corrected chi connectivity index (χ4v) is 5.38. The molecule has 3 aromatic carbocycles. The molecule has 3 rings (SSSR count). The highest BCUT2D eigenvalue weighted by molar-refractivity contribution is 5.69. The third-order valence-electron chi connectivity index (χ3n) is 7.92. The molecule has 0 radical (unpaired) electrons. The third kappa shape index (κ3) is 16.7. The number of hydrogen-bond acceptors (Lipinski definition) is 9. The maximum atomic E-state index is 11.7. The Morgan fingerprint density at radius 2 is 0.780 bits per heavy atom. The molecular formula is C41H58O9. The Morgan fingerprint density at radius 1 is 0.440 bits per heavy atom. The van der Waals surface area contributed by atoms with Crippen LogP contribution in [0, 0.1) is 0 Å². The fourth-order valence-electron chi connectivity index (χ4n) is 5.38. The van der Waals surface area contributed by atoms with Crippen molar-refractivity contribution in [3.05, 3.63) is 108 Å².